The molecular formula is C19H21N5O3S. The van der Waals surface area contributed by atoms with Gasteiger partial charge in [0.1, 0.15) is 0 Å². The number of aromatic nitrogens is 3. The largest absolute Gasteiger partial charge is 0.320 e. The number of nitrogens with one attached hydrogen (secondary N) is 1. The van der Waals surface area contributed by atoms with Gasteiger partial charge in [0.05, 0.1) is 16.8 Å². The lowest BCUT2D eigenvalue weighted by Crippen LogP contribution is -2.23. The van der Waals surface area contributed by atoms with E-state index in [0.717, 1.165) is 21.1 Å². The molecule has 0 fully saturated rings. The van der Waals surface area contributed by atoms with Gasteiger partial charge in [0.15, 0.2) is 5.69 Å². The number of carbonyl (C=O) groups is 1. The molecule has 0 saturated carbocycles. The minimum atomic E-state index is -3.62. The van der Waals surface area contributed by atoms with E-state index >= 15 is 0 Å². The standard InChI is InChI=1S/C19H21N5O3S/c1-13-10-16(28(26,27)23(3)4)11-17(14(13)2)21-19(25)18-12-20-24(22-18)15-8-6-5-7-9-15/h5-12H,1-4H3,(H,21,25). The highest BCUT2D eigenvalue weighted by atomic mass is 32.2. The highest BCUT2D eigenvalue weighted by Crippen LogP contribution is 2.26. The second-order valence-electron chi connectivity index (χ2n) is 6.51. The second kappa shape index (κ2) is 7.53. The number of amides is 1. The summed E-state index contributed by atoms with van der Waals surface area (Å²) in [5.74, 6) is -0.468. The fourth-order valence-corrected chi connectivity index (χ4v) is 3.57. The van der Waals surface area contributed by atoms with Gasteiger partial charge in [0.2, 0.25) is 10.0 Å². The molecule has 0 aliphatic rings. The lowest BCUT2D eigenvalue weighted by molar-refractivity contribution is 0.102. The number of hydrogen-bond acceptors (Lipinski definition) is 5. The summed E-state index contributed by atoms with van der Waals surface area (Å²) < 4.78 is 26.0. The lowest BCUT2D eigenvalue weighted by atomic mass is 10.1. The Morgan fingerprint density at radius 3 is 2.43 bits per heavy atom. The molecule has 0 bridgehead atoms. The van der Waals surface area contributed by atoms with Crippen LogP contribution in [0.25, 0.3) is 5.69 Å². The molecule has 1 N–H and O–H groups in total. The SMILES string of the molecule is Cc1cc(S(=O)(=O)N(C)C)cc(NC(=O)c2cnn(-c3ccccc3)n2)c1C. The van der Waals surface area contributed by atoms with E-state index in [4.69, 9.17) is 0 Å². The van der Waals surface area contributed by atoms with E-state index < -0.39 is 15.9 Å². The minimum absolute atomic E-state index is 0.115. The molecule has 8 nitrogen and oxygen atoms in total. The maximum atomic E-state index is 12.6. The predicted octanol–water partition coefficient (Wildman–Crippen LogP) is 2.39. The summed E-state index contributed by atoms with van der Waals surface area (Å²) in [6, 6.07) is 12.3. The van der Waals surface area contributed by atoms with E-state index in [9.17, 15) is 13.2 Å². The third-order valence-electron chi connectivity index (χ3n) is 4.38. The zero-order chi connectivity index (χ0) is 20.5. The maximum Gasteiger partial charge on any atom is 0.277 e. The average Bonchev–Trinajstić information content (AvgIpc) is 3.16. The number of benzene rings is 2. The van der Waals surface area contributed by atoms with E-state index in [-0.39, 0.29) is 10.6 Å². The third-order valence-corrected chi connectivity index (χ3v) is 6.17. The van der Waals surface area contributed by atoms with Gasteiger partial charge in [-0.15, -0.1) is 5.10 Å². The van der Waals surface area contributed by atoms with Crippen LogP contribution in [0.5, 0.6) is 0 Å². The second-order valence-corrected chi connectivity index (χ2v) is 8.66. The summed E-state index contributed by atoms with van der Waals surface area (Å²) in [6.45, 7) is 3.61. The molecule has 146 valence electrons. The lowest BCUT2D eigenvalue weighted by Gasteiger charge is -2.16. The van der Waals surface area contributed by atoms with Crippen LogP contribution in [0.1, 0.15) is 21.6 Å². The predicted molar refractivity (Wildman–Crippen MR) is 106 cm³/mol. The van der Waals surface area contributed by atoms with Crippen molar-refractivity contribution in [2.45, 2.75) is 18.7 Å². The first-order valence-electron chi connectivity index (χ1n) is 8.53. The first-order valence-corrected chi connectivity index (χ1v) is 9.97. The van der Waals surface area contributed by atoms with Crippen LogP contribution in [0.15, 0.2) is 53.6 Å². The Morgan fingerprint density at radius 1 is 1.11 bits per heavy atom. The molecule has 2 aromatic carbocycles. The summed E-state index contributed by atoms with van der Waals surface area (Å²) in [5, 5.41) is 11.1. The van der Waals surface area contributed by atoms with Crippen molar-refractivity contribution in [1.29, 1.82) is 0 Å². The zero-order valence-corrected chi connectivity index (χ0v) is 16.9. The topological polar surface area (TPSA) is 97.2 Å². The van der Waals surface area contributed by atoms with Crippen LogP contribution in [0, 0.1) is 13.8 Å². The van der Waals surface area contributed by atoms with Crippen LogP contribution >= 0.6 is 0 Å². The van der Waals surface area contributed by atoms with Gasteiger partial charge in [-0.05, 0) is 49.2 Å². The number of rotatable bonds is 5. The third kappa shape index (κ3) is 3.80. The summed E-state index contributed by atoms with van der Waals surface area (Å²) in [7, 11) is -0.695. The van der Waals surface area contributed by atoms with Crippen molar-refractivity contribution in [3.05, 3.63) is 65.5 Å². The Bertz CT molecular complexity index is 1120. The molecule has 1 aromatic heterocycles. The quantitative estimate of drug-likeness (QED) is 0.710. The van der Waals surface area contributed by atoms with E-state index in [1.165, 1.54) is 31.2 Å². The molecule has 0 atom stereocenters. The highest BCUT2D eigenvalue weighted by Gasteiger charge is 2.21. The normalized spacial score (nSPS) is 11.6. The maximum absolute atomic E-state index is 12.6. The summed E-state index contributed by atoms with van der Waals surface area (Å²) >= 11 is 0. The van der Waals surface area contributed by atoms with Crippen LogP contribution in [-0.2, 0) is 10.0 Å². The van der Waals surface area contributed by atoms with Crippen LogP contribution < -0.4 is 5.32 Å². The molecule has 1 amide bonds. The Balaban J connectivity index is 1.91. The smallest absolute Gasteiger partial charge is 0.277 e. The van der Waals surface area contributed by atoms with Crippen LogP contribution in [0.3, 0.4) is 0 Å². The van der Waals surface area contributed by atoms with Crippen molar-refractivity contribution >= 4 is 21.6 Å². The number of sulfonamides is 1. The number of anilines is 1. The fraction of sp³-hybridized carbons (Fsp3) is 0.211. The first-order chi connectivity index (χ1) is 13.2. The zero-order valence-electron chi connectivity index (χ0n) is 16.0. The summed E-state index contributed by atoms with van der Waals surface area (Å²) in [4.78, 5) is 14.1. The Morgan fingerprint density at radius 2 is 1.79 bits per heavy atom. The molecular weight excluding hydrogens is 378 g/mol. The molecule has 0 spiro atoms. The van der Waals surface area contributed by atoms with Gasteiger partial charge >= 0.3 is 0 Å². The molecule has 0 saturated heterocycles. The molecule has 0 aliphatic heterocycles. The van der Waals surface area contributed by atoms with Gasteiger partial charge in [-0.2, -0.15) is 9.90 Å². The van der Waals surface area contributed by atoms with Gasteiger partial charge in [-0.25, -0.2) is 12.7 Å². The van der Waals surface area contributed by atoms with Crippen LogP contribution in [-0.4, -0.2) is 47.7 Å². The van der Waals surface area contributed by atoms with E-state index in [0.29, 0.717) is 5.69 Å². The number of aryl methyl sites for hydroxylation is 1. The number of para-hydroxylation sites is 1. The number of carbonyl (C=O) groups excluding carboxylic acids is 1. The molecule has 28 heavy (non-hydrogen) atoms. The van der Waals surface area contributed by atoms with Gasteiger partial charge in [-0.3, -0.25) is 4.79 Å². The summed E-state index contributed by atoms with van der Waals surface area (Å²) in [6.07, 6.45) is 1.37. The first kappa shape index (κ1) is 19.7. The molecule has 0 aliphatic carbocycles. The molecule has 3 aromatic rings. The van der Waals surface area contributed by atoms with Crippen molar-refractivity contribution in [3.8, 4) is 5.69 Å². The molecule has 0 unspecified atom stereocenters. The number of hydrogen-bond donors (Lipinski definition) is 1. The fourth-order valence-electron chi connectivity index (χ4n) is 2.56. The van der Waals surface area contributed by atoms with E-state index in [1.54, 1.807) is 13.0 Å². The van der Waals surface area contributed by atoms with Gasteiger partial charge in [-0.1, -0.05) is 18.2 Å². The minimum Gasteiger partial charge on any atom is -0.320 e. The molecule has 1 heterocycles. The average molecular weight is 399 g/mol. The Kier molecular flexibility index (Phi) is 5.30. The molecule has 3 rings (SSSR count). The molecule has 0 radical (unpaired) electrons. The van der Waals surface area contributed by atoms with Crippen molar-refractivity contribution < 1.29 is 13.2 Å². The highest BCUT2D eigenvalue weighted by molar-refractivity contribution is 7.89. The Hall–Kier alpha value is -3.04. The van der Waals surface area contributed by atoms with Crippen molar-refractivity contribution in [3.63, 3.8) is 0 Å². The van der Waals surface area contributed by atoms with Gasteiger partial charge in [0.25, 0.3) is 5.91 Å². The Labute approximate surface area is 163 Å². The van der Waals surface area contributed by atoms with Crippen molar-refractivity contribution in [2.24, 2.45) is 0 Å². The van der Waals surface area contributed by atoms with Crippen LogP contribution in [0.4, 0.5) is 5.69 Å². The van der Waals surface area contributed by atoms with Crippen LogP contribution in [0.2, 0.25) is 0 Å². The summed E-state index contributed by atoms with van der Waals surface area (Å²) in [5.41, 5.74) is 2.81. The molecule has 9 heteroatoms. The monoisotopic (exact) mass is 399 g/mol. The van der Waals surface area contributed by atoms with E-state index in [1.807, 2.05) is 37.3 Å². The van der Waals surface area contributed by atoms with Gasteiger partial charge < -0.3 is 5.32 Å². The van der Waals surface area contributed by atoms with Gasteiger partial charge in [0, 0.05) is 19.8 Å². The van der Waals surface area contributed by atoms with E-state index in [2.05, 4.69) is 15.5 Å². The number of nitrogens with zero attached hydrogens (tertiary/aromatic N) is 4. The van der Waals surface area contributed by atoms with Crippen molar-refractivity contribution in [2.75, 3.05) is 19.4 Å². The van der Waals surface area contributed by atoms with Crippen molar-refractivity contribution in [1.82, 2.24) is 19.3 Å².